The molecule has 3 N–H and O–H groups in total. The van der Waals surface area contributed by atoms with E-state index in [1.54, 1.807) is 67.8 Å². The molecule has 3 aromatic carbocycles. The molecule has 0 unspecified atom stereocenters. The molecule has 6 nitrogen and oxygen atoms in total. The summed E-state index contributed by atoms with van der Waals surface area (Å²) in [5, 5.41) is 8.49. The number of carboxylic acid groups (broad SMARTS) is 1. The summed E-state index contributed by atoms with van der Waals surface area (Å²) in [6, 6.07) is 24.2. The molecule has 29 heavy (non-hydrogen) atoms. The highest BCUT2D eigenvalue weighted by molar-refractivity contribution is 5.93. The van der Waals surface area contributed by atoms with Crippen LogP contribution in [0.4, 0.5) is 5.69 Å². The number of anilines is 1. The number of benzene rings is 3. The average molecular weight is 392 g/mol. The number of rotatable bonds is 4. The maximum absolute atomic E-state index is 11.0. The van der Waals surface area contributed by atoms with Gasteiger partial charge < -0.3 is 15.6 Å². The van der Waals surface area contributed by atoms with Gasteiger partial charge in [0.1, 0.15) is 0 Å². The van der Waals surface area contributed by atoms with Crippen LogP contribution in [0, 0.1) is 0 Å². The lowest BCUT2D eigenvalue weighted by Crippen LogP contribution is -2.03. The maximum Gasteiger partial charge on any atom is 0.338 e. The quantitative estimate of drug-likeness (QED) is 0.514. The molecule has 0 aliphatic carbocycles. The zero-order valence-corrected chi connectivity index (χ0v) is 15.9. The minimum Gasteiger partial charge on any atom is -0.478 e. The first kappa shape index (κ1) is 23.1. The Morgan fingerprint density at radius 3 is 1.83 bits per heavy atom. The first-order chi connectivity index (χ1) is 14.0. The second-order valence-electron chi connectivity index (χ2n) is 5.45. The molecule has 149 valence electrons. The Morgan fingerprint density at radius 2 is 1.41 bits per heavy atom. The minimum absolute atomic E-state index is 0.155. The Labute approximate surface area is 169 Å². The summed E-state index contributed by atoms with van der Waals surface area (Å²) in [7, 11) is 0. The fourth-order valence-corrected chi connectivity index (χ4v) is 1.99. The van der Waals surface area contributed by atoms with Gasteiger partial charge in [0.2, 0.25) is 6.29 Å². The van der Waals surface area contributed by atoms with Crippen molar-refractivity contribution in [1.82, 2.24) is 0 Å². The monoisotopic (exact) mass is 392 g/mol. The molecule has 1 radical (unpaired) electrons. The number of hydrogen-bond acceptors (Lipinski definition) is 5. The van der Waals surface area contributed by atoms with Crippen LogP contribution in [0.5, 0.6) is 0 Å². The molecule has 0 aromatic heterocycles. The first-order valence-corrected chi connectivity index (χ1v) is 8.72. The van der Waals surface area contributed by atoms with E-state index < -0.39 is 5.97 Å². The van der Waals surface area contributed by atoms with E-state index in [4.69, 9.17) is 15.6 Å². The Kier molecular flexibility index (Phi) is 10.6. The molecular weight excluding hydrogens is 370 g/mol. The number of esters is 1. The van der Waals surface area contributed by atoms with Crippen LogP contribution >= 0.6 is 0 Å². The van der Waals surface area contributed by atoms with Crippen LogP contribution in [-0.2, 0) is 9.53 Å². The second-order valence-corrected chi connectivity index (χ2v) is 5.45. The van der Waals surface area contributed by atoms with Gasteiger partial charge in [-0.2, -0.15) is 0 Å². The third-order valence-corrected chi connectivity index (χ3v) is 3.37. The highest BCUT2D eigenvalue weighted by atomic mass is 16.5. The van der Waals surface area contributed by atoms with Crippen LogP contribution in [0.25, 0.3) is 0 Å². The van der Waals surface area contributed by atoms with Gasteiger partial charge in [-0.05, 0) is 31.2 Å². The normalized spacial score (nSPS) is 9.00. The third-order valence-electron chi connectivity index (χ3n) is 3.37. The standard InChI is InChI=1S/C9H10O2.C7H7NO2.C7H5O/c1-2-11-9(10)8-6-4-3-5-7-8;8-6-4-2-1-3-5(6)7(9)10;8-6-7-4-2-1-3-5-7/h3-7H,2H2,1H3;1-4H,8H2,(H,9,10);1-5H. The molecule has 0 saturated heterocycles. The molecule has 0 amide bonds. The predicted octanol–water partition coefficient (Wildman–Crippen LogP) is 3.97. The molecule has 0 bridgehead atoms. The number of aromatic carboxylic acids is 1. The number of carbonyl (C=O) groups excluding carboxylic acids is 2. The SMILES string of the molecule is CCOC(=O)c1ccccc1.Nc1ccccc1C(=O)O.O=[C]c1ccccc1. The number of hydrogen-bond donors (Lipinski definition) is 2. The minimum atomic E-state index is -0.988. The maximum atomic E-state index is 11.0. The Morgan fingerprint density at radius 1 is 0.897 bits per heavy atom. The zero-order valence-electron chi connectivity index (χ0n) is 15.9. The van der Waals surface area contributed by atoms with Crippen molar-refractivity contribution < 1.29 is 24.2 Å². The molecule has 0 spiro atoms. The zero-order chi connectivity index (χ0) is 21.5. The van der Waals surface area contributed by atoms with E-state index in [-0.39, 0.29) is 11.5 Å². The Hall–Kier alpha value is -3.93. The van der Waals surface area contributed by atoms with E-state index in [2.05, 4.69) is 0 Å². The Balaban J connectivity index is 0.000000220. The number of nitrogen functional groups attached to an aromatic ring is 1. The summed E-state index contributed by atoms with van der Waals surface area (Å²) < 4.78 is 4.79. The highest BCUT2D eigenvalue weighted by Gasteiger charge is 2.04. The van der Waals surface area contributed by atoms with Gasteiger partial charge in [-0.25, -0.2) is 9.59 Å². The van der Waals surface area contributed by atoms with Crippen molar-refractivity contribution in [2.75, 3.05) is 12.3 Å². The van der Waals surface area contributed by atoms with Gasteiger partial charge >= 0.3 is 11.9 Å². The van der Waals surface area contributed by atoms with Gasteiger partial charge in [0, 0.05) is 11.3 Å². The molecule has 0 atom stereocenters. The second kappa shape index (κ2) is 13.3. The van der Waals surface area contributed by atoms with E-state index in [9.17, 15) is 14.4 Å². The van der Waals surface area contributed by atoms with Crippen LogP contribution in [0.3, 0.4) is 0 Å². The van der Waals surface area contributed by atoms with Crippen LogP contribution < -0.4 is 5.73 Å². The molecule has 0 saturated carbocycles. The van der Waals surface area contributed by atoms with Crippen molar-refractivity contribution in [1.29, 1.82) is 0 Å². The lowest BCUT2D eigenvalue weighted by Gasteiger charge is -1.99. The smallest absolute Gasteiger partial charge is 0.338 e. The summed E-state index contributed by atoms with van der Waals surface area (Å²) in [6.45, 7) is 2.22. The summed E-state index contributed by atoms with van der Waals surface area (Å²) in [5.74, 6) is -1.24. The van der Waals surface area contributed by atoms with E-state index in [1.807, 2.05) is 24.3 Å². The number of carbonyl (C=O) groups is 2. The van der Waals surface area contributed by atoms with Crippen molar-refractivity contribution in [3.63, 3.8) is 0 Å². The summed E-state index contributed by atoms with van der Waals surface area (Å²) >= 11 is 0. The van der Waals surface area contributed by atoms with E-state index in [1.165, 1.54) is 6.07 Å². The molecule has 3 rings (SSSR count). The fourth-order valence-electron chi connectivity index (χ4n) is 1.99. The van der Waals surface area contributed by atoms with Gasteiger partial charge in [-0.1, -0.05) is 60.7 Å². The molecule has 6 heteroatoms. The molecule has 0 heterocycles. The molecule has 3 aromatic rings. The average Bonchev–Trinajstić information content (AvgIpc) is 2.76. The van der Waals surface area contributed by atoms with Crippen molar-refractivity contribution in [3.05, 3.63) is 102 Å². The third kappa shape index (κ3) is 9.01. The number of para-hydroxylation sites is 1. The van der Waals surface area contributed by atoms with E-state index in [0.717, 1.165) is 0 Å². The lowest BCUT2D eigenvalue weighted by molar-refractivity contribution is 0.0525. The molecule has 0 fully saturated rings. The molecular formula is C23H22NO5. The van der Waals surface area contributed by atoms with Crippen LogP contribution in [0.15, 0.2) is 84.9 Å². The lowest BCUT2D eigenvalue weighted by atomic mass is 10.2. The summed E-state index contributed by atoms with van der Waals surface area (Å²) in [4.78, 5) is 31.2. The molecule has 0 aliphatic rings. The van der Waals surface area contributed by atoms with Gasteiger partial charge in [-0.15, -0.1) is 0 Å². The van der Waals surface area contributed by atoms with Gasteiger partial charge in [0.15, 0.2) is 0 Å². The fraction of sp³-hybridized carbons (Fsp3) is 0.0870. The van der Waals surface area contributed by atoms with Crippen molar-refractivity contribution in [2.45, 2.75) is 6.92 Å². The van der Waals surface area contributed by atoms with Gasteiger partial charge in [0.05, 0.1) is 17.7 Å². The summed E-state index contributed by atoms with van der Waals surface area (Å²) in [6.07, 6.45) is 1.78. The van der Waals surface area contributed by atoms with E-state index in [0.29, 0.717) is 23.4 Å². The number of nitrogens with two attached hydrogens (primary N) is 1. The molecule has 0 aliphatic heterocycles. The summed E-state index contributed by atoms with van der Waals surface area (Å²) in [5.41, 5.74) is 7.01. The number of carboxylic acids is 1. The van der Waals surface area contributed by atoms with Gasteiger partial charge in [0.25, 0.3) is 0 Å². The van der Waals surface area contributed by atoms with Crippen LogP contribution in [0.2, 0.25) is 0 Å². The van der Waals surface area contributed by atoms with Crippen molar-refractivity contribution in [3.8, 4) is 0 Å². The Bertz CT molecular complexity index is 895. The first-order valence-electron chi connectivity index (χ1n) is 8.72. The van der Waals surface area contributed by atoms with Gasteiger partial charge in [-0.3, -0.25) is 4.79 Å². The van der Waals surface area contributed by atoms with Crippen molar-refractivity contribution in [2.24, 2.45) is 0 Å². The topological polar surface area (TPSA) is 107 Å². The largest absolute Gasteiger partial charge is 0.478 e. The van der Waals surface area contributed by atoms with Crippen molar-refractivity contribution >= 4 is 23.9 Å². The van der Waals surface area contributed by atoms with Crippen LogP contribution in [-0.4, -0.2) is 29.9 Å². The van der Waals surface area contributed by atoms with Crippen LogP contribution in [0.1, 0.15) is 33.2 Å². The predicted molar refractivity (Wildman–Crippen MR) is 111 cm³/mol. The number of ether oxygens (including phenoxy) is 1. The highest BCUT2D eigenvalue weighted by Crippen LogP contribution is 2.09. The van der Waals surface area contributed by atoms with E-state index >= 15 is 0 Å².